The molecule has 0 aromatic heterocycles. The number of ether oxygens (including phenoxy) is 1. The van der Waals surface area contributed by atoms with Crippen molar-refractivity contribution in [1.82, 2.24) is 4.90 Å². The molecule has 0 bridgehead atoms. The number of hydrogen-bond acceptors (Lipinski definition) is 3. The third kappa shape index (κ3) is 4.93. The number of hydrogen-bond donors (Lipinski definition) is 1. The van der Waals surface area contributed by atoms with Gasteiger partial charge < -0.3 is 15.0 Å². The lowest BCUT2D eigenvalue weighted by molar-refractivity contribution is -0.137. The van der Waals surface area contributed by atoms with Crippen molar-refractivity contribution in [3.05, 3.63) is 71.8 Å². The largest absolute Gasteiger partial charge is 0.480 e. The monoisotopic (exact) mass is 430 g/mol. The third-order valence-corrected chi connectivity index (χ3v) is 6.06. The summed E-state index contributed by atoms with van der Waals surface area (Å²) in [4.78, 5) is 28.2. The summed E-state index contributed by atoms with van der Waals surface area (Å²) in [6.45, 7) is 5.26. The fraction of sp³-hybridized carbons (Fsp3) is 0.333. The fourth-order valence-electron chi connectivity index (χ4n) is 4.19. The number of carbonyl (C=O) groups is 2. The number of anilines is 1. The standard InChI is InChI=1S/C27H30N2O3/c1-19-11-5-8-14-24(19)28-26(30)23-17-21-12-6-7-13-22(21)18-25(23)32-20(2)27(31)29-15-9-3-4-10-16-29/h5-8,11-14,17-18,20H,3-4,9-10,15-16H2,1-2H3,(H,28,30)/t20-/m1/s1. The number of aryl methyl sites for hydroxylation is 1. The van der Waals surface area contributed by atoms with Crippen LogP contribution < -0.4 is 10.1 Å². The zero-order valence-electron chi connectivity index (χ0n) is 18.8. The molecule has 4 rings (SSSR count). The molecule has 0 saturated carbocycles. The van der Waals surface area contributed by atoms with Gasteiger partial charge in [-0.25, -0.2) is 0 Å². The molecule has 166 valence electrons. The van der Waals surface area contributed by atoms with E-state index in [4.69, 9.17) is 4.74 Å². The van der Waals surface area contributed by atoms with Crippen LogP contribution in [0.15, 0.2) is 60.7 Å². The summed E-state index contributed by atoms with van der Waals surface area (Å²) in [5, 5.41) is 4.90. The van der Waals surface area contributed by atoms with E-state index in [1.807, 2.05) is 72.5 Å². The maximum absolute atomic E-state index is 13.2. The second kappa shape index (κ2) is 9.86. The first-order chi connectivity index (χ1) is 15.5. The van der Waals surface area contributed by atoms with E-state index in [9.17, 15) is 9.59 Å². The molecular weight excluding hydrogens is 400 g/mol. The summed E-state index contributed by atoms with van der Waals surface area (Å²) in [7, 11) is 0. The maximum Gasteiger partial charge on any atom is 0.263 e. The Morgan fingerprint density at radius 1 is 0.906 bits per heavy atom. The second-order valence-corrected chi connectivity index (χ2v) is 8.46. The highest BCUT2D eigenvalue weighted by Crippen LogP contribution is 2.29. The molecule has 5 nitrogen and oxygen atoms in total. The number of para-hydroxylation sites is 1. The van der Waals surface area contributed by atoms with Crippen LogP contribution in [0.5, 0.6) is 5.75 Å². The second-order valence-electron chi connectivity index (χ2n) is 8.46. The van der Waals surface area contributed by atoms with Gasteiger partial charge in [0.1, 0.15) is 5.75 Å². The highest BCUT2D eigenvalue weighted by Gasteiger charge is 2.25. The topological polar surface area (TPSA) is 58.6 Å². The first kappa shape index (κ1) is 21.9. The Morgan fingerprint density at radius 2 is 1.53 bits per heavy atom. The van der Waals surface area contributed by atoms with Crippen LogP contribution >= 0.6 is 0 Å². The molecule has 3 aromatic rings. The molecule has 1 aliphatic heterocycles. The van der Waals surface area contributed by atoms with Crippen molar-refractivity contribution in [2.75, 3.05) is 18.4 Å². The first-order valence-corrected chi connectivity index (χ1v) is 11.4. The van der Waals surface area contributed by atoms with Crippen LogP contribution in [0.4, 0.5) is 5.69 Å². The summed E-state index contributed by atoms with van der Waals surface area (Å²) in [6.07, 6.45) is 3.70. The van der Waals surface area contributed by atoms with E-state index in [-0.39, 0.29) is 11.8 Å². The maximum atomic E-state index is 13.2. The van der Waals surface area contributed by atoms with E-state index in [2.05, 4.69) is 5.32 Å². The van der Waals surface area contributed by atoms with Crippen LogP contribution in [-0.2, 0) is 4.79 Å². The van der Waals surface area contributed by atoms with Crippen molar-refractivity contribution in [3.8, 4) is 5.75 Å². The van der Waals surface area contributed by atoms with Crippen molar-refractivity contribution in [2.45, 2.75) is 45.6 Å². The van der Waals surface area contributed by atoms with Gasteiger partial charge in [-0.3, -0.25) is 9.59 Å². The molecule has 5 heteroatoms. The van der Waals surface area contributed by atoms with Crippen molar-refractivity contribution in [2.24, 2.45) is 0 Å². The Bertz CT molecular complexity index is 1120. The molecule has 1 aliphatic rings. The van der Waals surface area contributed by atoms with Gasteiger partial charge in [-0.15, -0.1) is 0 Å². The predicted molar refractivity (Wildman–Crippen MR) is 128 cm³/mol. The minimum absolute atomic E-state index is 0.0229. The van der Waals surface area contributed by atoms with Crippen molar-refractivity contribution >= 4 is 28.3 Å². The fourth-order valence-corrected chi connectivity index (χ4v) is 4.19. The lowest BCUT2D eigenvalue weighted by Gasteiger charge is -2.25. The summed E-state index contributed by atoms with van der Waals surface area (Å²) in [5.41, 5.74) is 2.15. The van der Waals surface area contributed by atoms with Gasteiger partial charge in [-0.2, -0.15) is 0 Å². The number of nitrogens with one attached hydrogen (secondary N) is 1. The number of likely N-dealkylation sites (tertiary alicyclic amines) is 1. The van der Waals surface area contributed by atoms with Gasteiger partial charge >= 0.3 is 0 Å². The van der Waals surface area contributed by atoms with Crippen molar-refractivity contribution in [1.29, 1.82) is 0 Å². The number of rotatable bonds is 5. The van der Waals surface area contributed by atoms with Crippen molar-refractivity contribution in [3.63, 3.8) is 0 Å². The molecule has 0 unspecified atom stereocenters. The molecule has 2 amide bonds. The van der Waals surface area contributed by atoms with Crippen LogP contribution in [0.1, 0.15) is 48.5 Å². The van der Waals surface area contributed by atoms with E-state index in [0.717, 1.165) is 60.8 Å². The van der Waals surface area contributed by atoms with E-state index < -0.39 is 6.10 Å². The molecule has 0 radical (unpaired) electrons. The van der Waals surface area contributed by atoms with E-state index >= 15 is 0 Å². The van der Waals surface area contributed by atoms with Gasteiger partial charge in [0.05, 0.1) is 5.56 Å². The number of amides is 2. The van der Waals surface area contributed by atoms with Gasteiger partial charge in [0.25, 0.3) is 11.8 Å². The number of nitrogens with zero attached hydrogens (tertiary/aromatic N) is 1. The van der Waals surface area contributed by atoms with Crippen LogP contribution in [0.3, 0.4) is 0 Å². The molecule has 1 saturated heterocycles. The SMILES string of the molecule is Cc1ccccc1NC(=O)c1cc2ccccc2cc1O[C@H](C)C(=O)N1CCCCCC1. The highest BCUT2D eigenvalue weighted by molar-refractivity contribution is 6.09. The van der Waals surface area contributed by atoms with E-state index in [1.54, 1.807) is 6.92 Å². The van der Waals surface area contributed by atoms with Gasteiger partial charge in [-0.1, -0.05) is 55.3 Å². The smallest absolute Gasteiger partial charge is 0.263 e. The third-order valence-electron chi connectivity index (χ3n) is 6.06. The lowest BCUT2D eigenvalue weighted by atomic mass is 10.0. The minimum atomic E-state index is -0.667. The van der Waals surface area contributed by atoms with Crippen LogP contribution in [0.25, 0.3) is 10.8 Å². The van der Waals surface area contributed by atoms with Crippen LogP contribution in [0.2, 0.25) is 0 Å². The van der Waals surface area contributed by atoms with Gasteiger partial charge in [0.15, 0.2) is 6.10 Å². The Labute approximate surface area is 189 Å². The Kier molecular flexibility index (Phi) is 6.74. The summed E-state index contributed by atoms with van der Waals surface area (Å²) < 4.78 is 6.15. The van der Waals surface area contributed by atoms with Crippen molar-refractivity contribution < 1.29 is 14.3 Å². The lowest BCUT2D eigenvalue weighted by Crippen LogP contribution is -2.41. The number of fused-ring (bicyclic) bond motifs is 1. The van der Waals surface area contributed by atoms with Gasteiger partial charge in [0, 0.05) is 18.8 Å². The predicted octanol–water partition coefficient (Wildman–Crippen LogP) is 5.57. The zero-order valence-corrected chi connectivity index (χ0v) is 18.8. The van der Waals surface area contributed by atoms with Gasteiger partial charge in [0.2, 0.25) is 0 Å². The van der Waals surface area contributed by atoms with E-state index in [1.165, 1.54) is 0 Å². The average molecular weight is 431 g/mol. The van der Waals surface area contributed by atoms with Crippen LogP contribution in [-0.4, -0.2) is 35.9 Å². The normalized spacial score (nSPS) is 15.1. The Morgan fingerprint density at radius 3 is 2.22 bits per heavy atom. The van der Waals surface area contributed by atoms with E-state index in [0.29, 0.717) is 11.3 Å². The first-order valence-electron chi connectivity index (χ1n) is 11.4. The zero-order chi connectivity index (χ0) is 22.5. The van der Waals surface area contributed by atoms with Crippen LogP contribution in [0, 0.1) is 6.92 Å². The average Bonchev–Trinajstić information content (AvgIpc) is 3.09. The molecule has 3 aromatic carbocycles. The Hall–Kier alpha value is -3.34. The molecule has 0 spiro atoms. The summed E-state index contributed by atoms with van der Waals surface area (Å²) >= 11 is 0. The quantitative estimate of drug-likeness (QED) is 0.576. The molecule has 0 aliphatic carbocycles. The molecule has 1 fully saturated rings. The Balaban J connectivity index is 1.62. The molecule has 32 heavy (non-hydrogen) atoms. The molecule has 1 atom stereocenters. The summed E-state index contributed by atoms with van der Waals surface area (Å²) in [6, 6.07) is 19.2. The minimum Gasteiger partial charge on any atom is -0.480 e. The number of carbonyl (C=O) groups excluding carboxylic acids is 2. The highest BCUT2D eigenvalue weighted by atomic mass is 16.5. The molecule has 1 N–H and O–H groups in total. The summed E-state index contributed by atoms with van der Waals surface area (Å²) in [5.74, 6) is 0.144. The molecular formula is C27H30N2O3. The number of benzene rings is 3. The van der Waals surface area contributed by atoms with Gasteiger partial charge in [-0.05, 0) is 61.2 Å². The molecule has 1 heterocycles.